The van der Waals surface area contributed by atoms with E-state index in [9.17, 15) is 8.42 Å². The minimum atomic E-state index is -3.90. The van der Waals surface area contributed by atoms with Gasteiger partial charge in [0.2, 0.25) is 0 Å². The van der Waals surface area contributed by atoms with E-state index in [1.807, 2.05) is 0 Å². The Morgan fingerprint density at radius 3 is 1.71 bits per heavy atom. The molecule has 0 aliphatic heterocycles. The molecule has 0 radical (unpaired) electrons. The summed E-state index contributed by atoms with van der Waals surface area (Å²) >= 11 is 4.26. The molecule has 0 aliphatic rings. The first-order valence-electron chi connectivity index (χ1n) is 0.890. The molecular weight excluding hydrogens is 169 g/mol. The molecule has 2 N–H and O–H groups in total. The van der Waals surface area contributed by atoms with Crippen LogP contribution in [-0.4, -0.2) is 59.8 Å². The maximum absolute atomic E-state index is 9.42. The van der Waals surface area contributed by atoms with E-state index in [-0.39, 0.29) is 51.4 Å². The molecule has 7 heavy (non-hydrogen) atoms. The van der Waals surface area contributed by atoms with Crippen LogP contribution in [0.15, 0.2) is 0 Å². The van der Waals surface area contributed by atoms with Gasteiger partial charge in [-0.2, -0.15) is 8.42 Å². The standard InChI is InChI=1S/ClH2NO3S.K.H/c1-5-6(2,3)4;;/h(H2,2,3,4);;. The van der Waals surface area contributed by atoms with Crippen LogP contribution < -0.4 is 5.14 Å². The Hall–Kier alpha value is 1.80. The third-order valence-electron chi connectivity index (χ3n) is 0.0878. The van der Waals surface area contributed by atoms with E-state index in [2.05, 4.69) is 20.7 Å². The summed E-state index contributed by atoms with van der Waals surface area (Å²) in [6.45, 7) is 0. The van der Waals surface area contributed by atoms with Gasteiger partial charge in [-0.25, -0.2) is 5.14 Å². The van der Waals surface area contributed by atoms with Gasteiger partial charge >= 0.3 is 61.7 Å². The summed E-state index contributed by atoms with van der Waals surface area (Å²) in [5, 5.41) is 4.15. The molecule has 4 nitrogen and oxygen atoms in total. The Labute approximate surface area is 89.2 Å². The fraction of sp³-hybridized carbons (Fsp3) is 0. The van der Waals surface area contributed by atoms with Crippen molar-refractivity contribution in [2.45, 2.75) is 0 Å². The summed E-state index contributed by atoms with van der Waals surface area (Å²) < 4.78 is 22.0. The fourth-order valence-electron chi connectivity index (χ4n) is 0. The first kappa shape index (κ1) is 11.6. The van der Waals surface area contributed by atoms with Crippen LogP contribution >= 0.6 is 11.9 Å². The molecule has 0 amide bonds. The van der Waals surface area contributed by atoms with Gasteiger partial charge in [-0.05, 0) is 0 Å². The van der Waals surface area contributed by atoms with E-state index in [0.717, 1.165) is 0 Å². The molecule has 0 heterocycles. The molecule has 0 aromatic rings. The summed E-state index contributed by atoms with van der Waals surface area (Å²) in [6, 6.07) is 0. The molecule has 40 valence electrons. The summed E-state index contributed by atoms with van der Waals surface area (Å²) in [5.41, 5.74) is 0. The molecule has 0 spiro atoms. The second kappa shape index (κ2) is 4.65. The average molecular weight is 172 g/mol. The molecule has 0 saturated heterocycles. The summed E-state index contributed by atoms with van der Waals surface area (Å²) in [6.07, 6.45) is 0. The van der Waals surface area contributed by atoms with Crippen molar-refractivity contribution in [1.29, 1.82) is 0 Å². The van der Waals surface area contributed by atoms with Crippen molar-refractivity contribution in [1.82, 2.24) is 0 Å². The van der Waals surface area contributed by atoms with Gasteiger partial charge in [0, 0.05) is 0 Å². The van der Waals surface area contributed by atoms with Crippen molar-refractivity contribution in [3.8, 4) is 0 Å². The summed E-state index contributed by atoms with van der Waals surface area (Å²) in [4.78, 5) is 0. The second-order valence-electron chi connectivity index (χ2n) is 0.556. The zero-order valence-corrected chi connectivity index (χ0v) is 4.16. The predicted octanol–water partition coefficient (Wildman–Crippen LogP) is -1.29. The monoisotopic (exact) mass is 171 g/mol. The molecule has 0 bridgehead atoms. The molecule has 0 atom stereocenters. The predicted molar refractivity (Wildman–Crippen MR) is 27.2 cm³/mol. The molecule has 0 aromatic carbocycles. The third kappa shape index (κ3) is 11.4. The van der Waals surface area contributed by atoms with E-state index in [0.29, 0.717) is 0 Å². The Morgan fingerprint density at radius 2 is 1.71 bits per heavy atom. The van der Waals surface area contributed by atoms with Gasteiger partial charge in [-0.15, -0.1) is 3.74 Å². The molecule has 0 saturated carbocycles. The van der Waals surface area contributed by atoms with Gasteiger partial charge in [0.15, 0.2) is 0 Å². The van der Waals surface area contributed by atoms with Crippen LogP contribution in [0.5, 0.6) is 0 Å². The van der Waals surface area contributed by atoms with Crippen molar-refractivity contribution in [3.05, 3.63) is 0 Å². The zero-order valence-electron chi connectivity index (χ0n) is 2.59. The minimum absolute atomic E-state index is 0. The Balaban J connectivity index is 0. The third-order valence-corrected chi connectivity index (χ3v) is 0.790. The van der Waals surface area contributed by atoms with Crippen LogP contribution in [-0.2, 0) is 14.0 Å². The van der Waals surface area contributed by atoms with Crippen molar-refractivity contribution in [3.63, 3.8) is 0 Å². The molecule has 0 rings (SSSR count). The van der Waals surface area contributed by atoms with Crippen molar-refractivity contribution < 1.29 is 12.2 Å². The van der Waals surface area contributed by atoms with Crippen LogP contribution in [0.4, 0.5) is 0 Å². The van der Waals surface area contributed by atoms with E-state index in [1.165, 1.54) is 0 Å². The van der Waals surface area contributed by atoms with Gasteiger partial charge in [0.1, 0.15) is 0 Å². The van der Waals surface area contributed by atoms with Crippen LogP contribution in [0.1, 0.15) is 0 Å². The van der Waals surface area contributed by atoms with Gasteiger partial charge < -0.3 is 0 Å². The molecule has 0 aromatic heterocycles. The average Bonchev–Trinajstić information content (AvgIpc) is 1.35. The van der Waals surface area contributed by atoms with Gasteiger partial charge in [0.05, 0.1) is 11.9 Å². The van der Waals surface area contributed by atoms with E-state index >= 15 is 0 Å². The molecule has 7 heteroatoms. The Kier molecular flexibility index (Phi) is 7.70. The summed E-state index contributed by atoms with van der Waals surface area (Å²) in [5.74, 6) is 0. The first-order valence-corrected chi connectivity index (χ1v) is 2.67. The van der Waals surface area contributed by atoms with Gasteiger partial charge in [0.25, 0.3) is 0 Å². The van der Waals surface area contributed by atoms with Crippen molar-refractivity contribution in [2.75, 3.05) is 0 Å². The quantitative estimate of drug-likeness (QED) is 0.500. The van der Waals surface area contributed by atoms with Gasteiger partial charge in [-0.3, -0.25) is 0 Å². The number of hydrogen-bond donors (Lipinski definition) is 1. The van der Waals surface area contributed by atoms with Crippen LogP contribution in [0.2, 0.25) is 0 Å². The van der Waals surface area contributed by atoms with Crippen molar-refractivity contribution >= 4 is 73.6 Å². The van der Waals surface area contributed by atoms with Crippen molar-refractivity contribution in [2.24, 2.45) is 5.14 Å². The van der Waals surface area contributed by atoms with E-state index in [4.69, 9.17) is 0 Å². The maximum atomic E-state index is 9.42. The normalized spacial score (nSPS) is 10.0. The topological polar surface area (TPSA) is 69.4 Å². The number of hydrogen-bond acceptors (Lipinski definition) is 3. The second-order valence-corrected chi connectivity index (χ2v) is 2.05. The summed E-state index contributed by atoms with van der Waals surface area (Å²) in [7, 11) is -3.90. The van der Waals surface area contributed by atoms with E-state index in [1.54, 1.807) is 0 Å². The number of rotatable bonds is 1. The van der Waals surface area contributed by atoms with Crippen LogP contribution in [0, 0.1) is 0 Å². The molecule has 0 aliphatic carbocycles. The number of nitrogens with two attached hydrogens (primary N) is 1. The number of halogens is 1. The van der Waals surface area contributed by atoms with E-state index < -0.39 is 10.3 Å². The van der Waals surface area contributed by atoms with Crippen LogP contribution in [0.3, 0.4) is 0 Å². The molecular formula is H3ClKNO3S. The van der Waals surface area contributed by atoms with Crippen LogP contribution in [0.25, 0.3) is 0 Å². The Bertz CT molecular complexity index is 117. The Morgan fingerprint density at radius 1 is 1.57 bits per heavy atom. The fourth-order valence-corrected chi connectivity index (χ4v) is 0. The molecule has 0 fully saturated rings. The molecule has 0 unspecified atom stereocenters. The first-order chi connectivity index (χ1) is 2.56. The zero-order chi connectivity index (χ0) is 5.21. The van der Waals surface area contributed by atoms with Gasteiger partial charge in [-0.1, -0.05) is 0 Å². The SMILES string of the molecule is NS(=O)(=O)OCl.[KH].